The van der Waals surface area contributed by atoms with Gasteiger partial charge in [-0.05, 0) is 81.8 Å². The van der Waals surface area contributed by atoms with Crippen LogP contribution < -0.4 is 10.9 Å². The third kappa shape index (κ3) is 5.90. The van der Waals surface area contributed by atoms with Crippen LogP contribution in [0.15, 0.2) is 33.5 Å². The number of nitrogens with zero attached hydrogens (tertiary/aromatic N) is 2. The van der Waals surface area contributed by atoms with Crippen molar-refractivity contribution in [2.75, 3.05) is 44.6 Å². The highest BCUT2D eigenvalue weighted by Gasteiger charge is 2.24. The third-order valence-electron chi connectivity index (χ3n) is 6.74. The van der Waals surface area contributed by atoms with Crippen LogP contribution >= 0.6 is 0 Å². The smallest absolute Gasteiger partial charge is 0.411 e. The van der Waals surface area contributed by atoms with Gasteiger partial charge in [-0.25, -0.2) is 9.59 Å². The van der Waals surface area contributed by atoms with Gasteiger partial charge in [-0.15, -0.1) is 0 Å². The monoisotopic (exact) mass is 441 g/mol. The molecule has 1 N–H and O–H groups in total. The van der Waals surface area contributed by atoms with E-state index in [-0.39, 0.29) is 5.63 Å². The van der Waals surface area contributed by atoms with Gasteiger partial charge in [-0.3, -0.25) is 10.2 Å². The van der Waals surface area contributed by atoms with Crippen LogP contribution in [0.3, 0.4) is 0 Å². The lowest BCUT2D eigenvalue weighted by atomic mass is 9.94. The minimum Gasteiger partial charge on any atom is -0.450 e. The Morgan fingerprint density at radius 2 is 1.97 bits per heavy atom. The number of likely N-dealkylation sites (tertiary alicyclic amines) is 2. The van der Waals surface area contributed by atoms with E-state index in [2.05, 4.69) is 22.0 Å². The first-order valence-electron chi connectivity index (χ1n) is 12.0. The standard InChI is InChI=1S/C25H35N3O4/c1-3-31-25(30)26-21-6-7-22-20(13-24(29)32-23(22)14-21)17-28-10-4-5-19(16-28)15-27-11-8-18(2)9-12-27/h6-7,13-14,18-19H,3-5,8-12,15-17H2,1-2H3,(H,26,30). The van der Waals surface area contributed by atoms with E-state index in [0.717, 1.165) is 36.5 Å². The third-order valence-corrected chi connectivity index (χ3v) is 6.74. The summed E-state index contributed by atoms with van der Waals surface area (Å²) in [7, 11) is 0. The van der Waals surface area contributed by atoms with Gasteiger partial charge in [-0.1, -0.05) is 6.92 Å². The van der Waals surface area contributed by atoms with Gasteiger partial charge in [0.2, 0.25) is 0 Å². The highest BCUT2D eigenvalue weighted by molar-refractivity contribution is 5.89. The van der Waals surface area contributed by atoms with Crippen molar-refractivity contribution >= 4 is 22.7 Å². The van der Waals surface area contributed by atoms with E-state index >= 15 is 0 Å². The molecule has 2 saturated heterocycles. The average Bonchev–Trinajstić information content (AvgIpc) is 2.75. The summed E-state index contributed by atoms with van der Waals surface area (Å²) in [5.74, 6) is 1.55. The van der Waals surface area contributed by atoms with Gasteiger partial charge >= 0.3 is 11.7 Å². The number of hydrogen-bond donors (Lipinski definition) is 1. The van der Waals surface area contributed by atoms with Gasteiger partial charge < -0.3 is 14.1 Å². The van der Waals surface area contributed by atoms with Crippen LogP contribution in [0.4, 0.5) is 10.5 Å². The van der Waals surface area contributed by atoms with Crippen LogP contribution in [0.2, 0.25) is 0 Å². The Labute approximate surface area is 189 Å². The molecule has 1 amide bonds. The Morgan fingerprint density at radius 3 is 2.75 bits per heavy atom. The first kappa shape index (κ1) is 22.8. The van der Waals surface area contributed by atoms with Crippen molar-refractivity contribution in [2.24, 2.45) is 11.8 Å². The summed E-state index contributed by atoms with van der Waals surface area (Å²) in [6, 6.07) is 7.02. The topological polar surface area (TPSA) is 75.0 Å². The predicted molar refractivity (Wildman–Crippen MR) is 126 cm³/mol. The molecule has 0 aliphatic carbocycles. The summed E-state index contributed by atoms with van der Waals surface area (Å²) in [5, 5.41) is 3.57. The Balaban J connectivity index is 1.43. The van der Waals surface area contributed by atoms with Crippen LogP contribution in [0, 0.1) is 11.8 Å². The molecule has 7 nitrogen and oxygen atoms in total. The van der Waals surface area contributed by atoms with E-state index in [1.807, 2.05) is 12.1 Å². The van der Waals surface area contributed by atoms with Crippen molar-refractivity contribution in [3.8, 4) is 0 Å². The summed E-state index contributed by atoms with van der Waals surface area (Å²) in [6.45, 7) is 10.9. The zero-order valence-electron chi connectivity index (χ0n) is 19.3. The van der Waals surface area contributed by atoms with Crippen molar-refractivity contribution in [2.45, 2.75) is 46.1 Å². The number of piperidine rings is 2. The minimum atomic E-state index is -0.520. The van der Waals surface area contributed by atoms with E-state index in [1.165, 1.54) is 45.3 Å². The number of carbonyl (C=O) groups is 1. The summed E-state index contributed by atoms with van der Waals surface area (Å²) < 4.78 is 10.4. The molecular weight excluding hydrogens is 406 g/mol. The maximum atomic E-state index is 12.2. The van der Waals surface area contributed by atoms with Gasteiger partial charge in [0.05, 0.1) is 6.61 Å². The second kappa shape index (κ2) is 10.5. The number of hydrogen-bond acceptors (Lipinski definition) is 6. The molecule has 174 valence electrons. The van der Waals surface area contributed by atoms with Crippen LogP contribution in [-0.4, -0.2) is 55.2 Å². The molecule has 3 heterocycles. The lowest BCUT2D eigenvalue weighted by Crippen LogP contribution is -2.43. The number of ether oxygens (including phenoxy) is 1. The van der Waals surface area contributed by atoms with Crippen molar-refractivity contribution < 1.29 is 13.9 Å². The molecule has 2 fully saturated rings. The van der Waals surface area contributed by atoms with Crippen LogP contribution in [0.25, 0.3) is 11.0 Å². The molecule has 0 radical (unpaired) electrons. The van der Waals surface area contributed by atoms with Gasteiger partial charge in [-0.2, -0.15) is 0 Å². The van der Waals surface area contributed by atoms with E-state index in [1.54, 1.807) is 19.1 Å². The van der Waals surface area contributed by atoms with E-state index in [0.29, 0.717) is 23.8 Å². The van der Waals surface area contributed by atoms with Gasteiger partial charge in [0.1, 0.15) is 5.58 Å². The number of benzene rings is 1. The Hall–Kier alpha value is -2.38. The SMILES string of the molecule is CCOC(=O)Nc1ccc2c(CN3CCCC(CN4CCC(C)CC4)C3)cc(=O)oc2c1. The molecule has 2 aliphatic heterocycles. The van der Waals surface area contributed by atoms with E-state index in [9.17, 15) is 9.59 Å². The van der Waals surface area contributed by atoms with Crippen LogP contribution in [0.1, 0.15) is 45.1 Å². The lowest BCUT2D eigenvalue weighted by Gasteiger charge is -2.38. The van der Waals surface area contributed by atoms with Crippen molar-refractivity contribution in [3.05, 3.63) is 40.2 Å². The predicted octanol–water partition coefficient (Wildman–Crippen LogP) is 4.31. The maximum Gasteiger partial charge on any atom is 0.411 e. The highest BCUT2D eigenvalue weighted by Crippen LogP contribution is 2.26. The summed E-state index contributed by atoms with van der Waals surface area (Å²) in [4.78, 5) is 29.0. The molecule has 2 aliphatic rings. The fourth-order valence-corrected chi connectivity index (χ4v) is 5.02. The van der Waals surface area contributed by atoms with Gasteiger partial charge in [0, 0.05) is 42.8 Å². The zero-order valence-corrected chi connectivity index (χ0v) is 19.3. The highest BCUT2D eigenvalue weighted by atomic mass is 16.5. The molecule has 1 atom stereocenters. The number of carbonyl (C=O) groups excluding carboxylic acids is 1. The van der Waals surface area contributed by atoms with Crippen molar-refractivity contribution in [3.63, 3.8) is 0 Å². The molecule has 0 saturated carbocycles. The fraction of sp³-hybridized carbons (Fsp3) is 0.600. The minimum absolute atomic E-state index is 0.298. The number of fused-ring (bicyclic) bond motifs is 1. The van der Waals surface area contributed by atoms with Gasteiger partial charge in [0.15, 0.2) is 0 Å². The van der Waals surface area contributed by atoms with E-state index in [4.69, 9.17) is 9.15 Å². The number of amides is 1. The molecule has 1 aromatic carbocycles. The normalized spacial score (nSPS) is 21.0. The summed E-state index contributed by atoms with van der Waals surface area (Å²) in [6.07, 6.45) is 4.59. The largest absolute Gasteiger partial charge is 0.450 e. The maximum absolute atomic E-state index is 12.2. The second-order valence-corrected chi connectivity index (χ2v) is 9.37. The lowest BCUT2D eigenvalue weighted by molar-refractivity contribution is 0.109. The molecular formula is C25H35N3O4. The number of anilines is 1. The molecule has 2 aromatic rings. The summed E-state index contributed by atoms with van der Waals surface area (Å²) >= 11 is 0. The molecule has 0 spiro atoms. The Morgan fingerprint density at radius 1 is 1.16 bits per heavy atom. The Kier molecular flexibility index (Phi) is 7.48. The van der Waals surface area contributed by atoms with Crippen molar-refractivity contribution in [1.29, 1.82) is 0 Å². The van der Waals surface area contributed by atoms with Gasteiger partial charge in [0.25, 0.3) is 0 Å². The molecule has 7 heteroatoms. The number of nitrogens with one attached hydrogen (secondary N) is 1. The van der Waals surface area contributed by atoms with Crippen LogP contribution in [0.5, 0.6) is 0 Å². The fourth-order valence-electron chi connectivity index (χ4n) is 5.02. The summed E-state index contributed by atoms with van der Waals surface area (Å²) in [5.41, 5.74) is 1.64. The first-order chi connectivity index (χ1) is 15.5. The first-order valence-corrected chi connectivity index (χ1v) is 12.0. The molecule has 1 aromatic heterocycles. The quantitative estimate of drug-likeness (QED) is 0.674. The second-order valence-electron chi connectivity index (χ2n) is 9.37. The van der Waals surface area contributed by atoms with Crippen LogP contribution in [-0.2, 0) is 11.3 Å². The molecule has 0 bridgehead atoms. The van der Waals surface area contributed by atoms with E-state index < -0.39 is 6.09 Å². The van der Waals surface area contributed by atoms with Crippen molar-refractivity contribution in [1.82, 2.24) is 9.80 Å². The molecule has 1 unspecified atom stereocenters. The average molecular weight is 442 g/mol. The molecule has 32 heavy (non-hydrogen) atoms. The zero-order chi connectivity index (χ0) is 22.5. The molecule has 4 rings (SSSR count). The Bertz CT molecular complexity index is 981. The number of rotatable bonds is 6.